The molecular weight excluding hydrogens is 202 g/mol. The van der Waals surface area contributed by atoms with E-state index < -0.39 is 0 Å². The van der Waals surface area contributed by atoms with E-state index >= 15 is 0 Å². The first-order valence-corrected chi connectivity index (χ1v) is 6.31. The average molecular weight is 227 g/mol. The molecule has 1 fully saturated rings. The van der Waals surface area contributed by atoms with Crippen LogP contribution in [0.5, 0.6) is 0 Å². The molecular formula is C13H25NO2. The van der Waals surface area contributed by atoms with E-state index in [1.807, 2.05) is 0 Å². The van der Waals surface area contributed by atoms with Gasteiger partial charge in [-0.3, -0.25) is 0 Å². The Morgan fingerprint density at radius 2 is 2.31 bits per heavy atom. The number of nitrogens with one attached hydrogen (secondary N) is 1. The molecule has 0 amide bonds. The number of ether oxygens (including phenoxy) is 2. The van der Waals surface area contributed by atoms with Crippen LogP contribution in [-0.4, -0.2) is 39.0 Å². The summed E-state index contributed by atoms with van der Waals surface area (Å²) in [4.78, 5) is 0. The largest absolute Gasteiger partial charge is 0.383 e. The number of rotatable bonds is 7. The van der Waals surface area contributed by atoms with E-state index in [0.717, 1.165) is 26.1 Å². The smallest absolute Gasteiger partial charge is 0.0763 e. The SMILES string of the molecule is CCC(=CC1CCC(C)O1)CNCCOC. The van der Waals surface area contributed by atoms with Gasteiger partial charge in [0.05, 0.1) is 18.8 Å². The normalized spacial score (nSPS) is 26.3. The highest BCUT2D eigenvalue weighted by atomic mass is 16.5. The van der Waals surface area contributed by atoms with Crippen molar-refractivity contribution in [2.75, 3.05) is 26.8 Å². The zero-order valence-electron chi connectivity index (χ0n) is 10.8. The summed E-state index contributed by atoms with van der Waals surface area (Å²) in [7, 11) is 1.73. The van der Waals surface area contributed by atoms with E-state index in [1.165, 1.54) is 18.4 Å². The summed E-state index contributed by atoms with van der Waals surface area (Å²) < 4.78 is 10.8. The van der Waals surface area contributed by atoms with Gasteiger partial charge in [-0.25, -0.2) is 0 Å². The van der Waals surface area contributed by atoms with Gasteiger partial charge in [0.15, 0.2) is 0 Å². The summed E-state index contributed by atoms with van der Waals surface area (Å²) in [6.07, 6.45) is 6.52. The fourth-order valence-corrected chi connectivity index (χ4v) is 1.94. The molecule has 1 N–H and O–H groups in total. The molecule has 0 saturated carbocycles. The van der Waals surface area contributed by atoms with E-state index in [4.69, 9.17) is 9.47 Å². The average Bonchev–Trinajstić information content (AvgIpc) is 2.68. The third kappa shape index (κ3) is 5.10. The van der Waals surface area contributed by atoms with Gasteiger partial charge < -0.3 is 14.8 Å². The van der Waals surface area contributed by atoms with Crippen LogP contribution in [0.1, 0.15) is 33.1 Å². The van der Waals surface area contributed by atoms with E-state index in [9.17, 15) is 0 Å². The highest BCUT2D eigenvalue weighted by molar-refractivity contribution is 5.08. The Morgan fingerprint density at radius 3 is 2.88 bits per heavy atom. The van der Waals surface area contributed by atoms with Gasteiger partial charge in [0, 0.05) is 20.2 Å². The van der Waals surface area contributed by atoms with Gasteiger partial charge in [-0.2, -0.15) is 0 Å². The van der Waals surface area contributed by atoms with Gasteiger partial charge in [0.25, 0.3) is 0 Å². The van der Waals surface area contributed by atoms with Crippen LogP contribution < -0.4 is 5.32 Å². The van der Waals surface area contributed by atoms with Crippen LogP contribution in [0.2, 0.25) is 0 Å². The minimum absolute atomic E-state index is 0.342. The predicted molar refractivity (Wildman–Crippen MR) is 66.7 cm³/mol. The lowest BCUT2D eigenvalue weighted by molar-refractivity contribution is 0.0827. The van der Waals surface area contributed by atoms with Crippen molar-refractivity contribution in [1.82, 2.24) is 5.32 Å². The highest BCUT2D eigenvalue weighted by Gasteiger charge is 2.19. The Bertz CT molecular complexity index is 216. The zero-order chi connectivity index (χ0) is 11.8. The number of hydrogen-bond acceptors (Lipinski definition) is 3. The van der Waals surface area contributed by atoms with Gasteiger partial charge in [-0.1, -0.05) is 18.6 Å². The van der Waals surface area contributed by atoms with Crippen molar-refractivity contribution in [3.63, 3.8) is 0 Å². The van der Waals surface area contributed by atoms with Crippen molar-refractivity contribution in [2.45, 2.75) is 45.3 Å². The maximum atomic E-state index is 5.79. The lowest BCUT2D eigenvalue weighted by Gasteiger charge is -2.11. The molecule has 3 heteroatoms. The second kappa shape index (κ2) is 7.82. The summed E-state index contributed by atoms with van der Waals surface area (Å²) >= 11 is 0. The molecule has 2 unspecified atom stereocenters. The minimum atomic E-state index is 0.342. The molecule has 1 saturated heterocycles. The lowest BCUT2D eigenvalue weighted by atomic mass is 10.1. The monoisotopic (exact) mass is 227 g/mol. The first-order valence-electron chi connectivity index (χ1n) is 6.31. The van der Waals surface area contributed by atoms with Crippen LogP contribution in [-0.2, 0) is 9.47 Å². The van der Waals surface area contributed by atoms with Crippen molar-refractivity contribution in [3.05, 3.63) is 11.6 Å². The van der Waals surface area contributed by atoms with Crippen LogP contribution in [0, 0.1) is 0 Å². The lowest BCUT2D eigenvalue weighted by Crippen LogP contribution is -2.22. The topological polar surface area (TPSA) is 30.5 Å². The maximum absolute atomic E-state index is 5.79. The maximum Gasteiger partial charge on any atom is 0.0763 e. The molecule has 0 aromatic rings. The predicted octanol–water partition coefficient (Wildman–Crippen LogP) is 2.13. The first-order chi connectivity index (χ1) is 7.76. The number of methoxy groups -OCH3 is 1. The van der Waals surface area contributed by atoms with Crippen LogP contribution >= 0.6 is 0 Å². The standard InChI is InChI=1S/C13H25NO2/c1-4-12(10-14-7-8-15-3)9-13-6-5-11(2)16-13/h9,11,13-14H,4-8,10H2,1-3H3. The second-order valence-corrected chi connectivity index (χ2v) is 4.41. The number of hydrogen-bond donors (Lipinski definition) is 1. The van der Waals surface area contributed by atoms with E-state index in [2.05, 4.69) is 25.2 Å². The molecule has 0 aromatic heterocycles. The van der Waals surface area contributed by atoms with E-state index in [0.29, 0.717) is 12.2 Å². The first kappa shape index (κ1) is 13.7. The van der Waals surface area contributed by atoms with E-state index in [-0.39, 0.29) is 0 Å². The second-order valence-electron chi connectivity index (χ2n) is 4.41. The van der Waals surface area contributed by atoms with Crippen molar-refractivity contribution in [3.8, 4) is 0 Å². The molecule has 1 rings (SSSR count). The molecule has 2 atom stereocenters. The molecule has 1 aliphatic rings. The molecule has 0 spiro atoms. The molecule has 0 aliphatic carbocycles. The Morgan fingerprint density at radius 1 is 1.50 bits per heavy atom. The summed E-state index contributed by atoms with van der Waals surface area (Å²) in [5.41, 5.74) is 1.44. The van der Waals surface area contributed by atoms with Crippen LogP contribution in [0.4, 0.5) is 0 Å². The fourth-order valence-electron chi connectivity index (χ4n) is 1.94. The summed E-state index contributed by atoms with van der Waals surface area (Å²) in [6, 6.07) is 0. The van der Waals surface area contributed by atoms with Crippen molar-refractivity contribution >= 4 is 0 Å². The quantitative estimate of drug-likeness (QED) is 0.534. The van der Waals surface area contributed by atoms with Gasteiger partial charge in [0.1, 0.15) is 0 Å². The zero-order valence-corrected chi connectivity index (χ0v) is 10.8. The molecule has 3 nitrogen and oxygen atoms in total. The Labute approximate surface area is 99.2 Å². The Hall–Kier alpha value is -0.380. The third-order valence-electron chi connectivity index (χ3n) is 2.98. The van der Waals surface area contributed by atoms with Crippen LogP contribution in [0.15, 0.2) is 11.6 Å². The van der Waals surface area contributed by atoms with Crippen molar-refractivity contribution in [2.24, 2.45) is 0 Å². The third-order valence-corrected chi connectivity index (χ3v) is 2.98. The molecule has 94 valence electrons. The van der Waals surface area contributed by atoms with Crippen LogP contribution in [0.3, 0.4) is 0 Å². The van der Waals surface area contributed by atoms with Gasteiger partial charge >= 0.3 is 0 Å². The van der Waals surface area contributed by atoms with Crippen molar-refractivity contribution < 1.29 is 9.47 Å². The molecule has 1 heterocycles. The molecule has 16 heavy (non-hydrogen) atoms. The van der Waals surface area contributed by atoms with Crippen molar-refractivity contribution in [1.29, 1.82) is 0 Å². The molecule has 0 bridgehead atoms. The summed E-state index contributed by atoms with van der Waals surface area (Å²) in [5, 5.41) is 3.37. The van der Waals surface area contributed by atoms with Gasteiger partial charge in [0.2, 0.25) is 0 Å². The summed E-state index contributed by atoms with van der Waals surface area (Å²) in [6.45, 7) is 6.98. The summed E-state index contributed by atoms with van der Waals surface area (Å²) in [5.74, 6) is 0. The Kier molecular flexibility index (Phi) is 6.69. The highest BCUT2D eigenvalue weighted by Crippen LogP contribution is 2.21. The molecule has 0 aromatic carbocycles. The van der Waals surface area contributed by atoms with Gasteiger partial charge in [-0.15, -0.1) is 0 Å². The fraction of sp³-hybridized carbons (Fsp3) is 0.846. The minimum Gasteiger partial charge on any atom is -0.383 e. The molecule has 0 radical (unpaired) electrons. The van der Waals surface area contributed by atoms with E-state index in [1.54, 1.807) is 7.11 Å². The van der Waals surface area contributed by atoms with Crippen LogP contribution in [0.25, 0.3) is 0 Å². The van der Waals surface area contributed by atoms with Gasteiger partial charge in [-0.05, 0) is 26.2 Å². The Balaban J connectivity index is 2.26. The molecule has 1 aliphatic heterocycles.